The van der Waals surface area contributed by atoms with Crippen molar-refractivity contribution in [3.63, 3.8) is 0 Å². The van der Waals surface area contributed by atoms with Crippen molar-refractivity contribution in [2.45, 2.75) is 31.8 Å². The maximum absolute atomic E-state index is 11.6. The summed E-state index contributed by atoms with van der Waals surface area (Å²) < 4.78 is 10.6. The molecular formula is C10H16O3. The molecule has 2 rings (SSSR count). The highest BCUT2D eigenvalue weighted by Gasteiger charge is 2.27. The quantitative estimate of drug-likeness (QED) is 0.660. The summed E-state index contributed by atoms with van der Waals surface area (Å²) in [6.45, 7) is 2.35. The van der Waals surface area contributed by atoms with E-state index in [1.54, 1.807) is 0 Å². The Morgan fingerprint density at radius 3 is 2.85 bits per heavy atom. The molecule has 0 bridgehead atoms. The SMILES string of the molecule is O=C(CC1CCOC1)C1CCCO1. The topological polar surface area (TPSA) is 35.5 Å². The highest BCUT2D eigenvalue weighted by atomic mass is 16.5. The molecule has 0 spiro atoms. The lowest BCUT2D eigenvalue weighted by Crippen LogP contribution is -2.22. The molecule has 0 aromatic rings. The molecule has 0 saturated carbocycles. The summed E-state index contributed by atoms with van der Waals surface area (Å²) in [7, 11) is 0. The maximum Gasteiger partial charge on any atom is 0.161 e. The third-order valence-corrected chi connectivity index (χ3v) is 2.80. The molecule has 0 aliphatic carbocycles. The number of rotatable bonds is 3. The molecule has 0 N–H and O–H groups in total. The smallest absolute Gasteiger partial charge is 0.161 e. The van der Waals surface area contributed by atoms with Crippen molar-refractivity contribution < 1.29 is 14.3 Å². The first-order chi connectivity index (χ1) is 6.36. The number of ketones is 1. The molecule has 74 valence electrons. The molecule has 2 aliphatic heterocycles. The minimum atomic E-state index is -0.0967. The largest absolute Gasteiger partial charge is 0.381 e. The highest BCUT2D eigenvalue weighted by molar-refractivity contribution is 5.83. The van der Waals surface area contributed by atoms with Crippen molar-refractivity contribution in [2.24, 2.45) is 5.92 Å². The summed E-state index contributed by atoms with van der Waals surface area (Å²) in [6, 6.07) is 0. The van der Waals surface area contributed by atoms with Crippen LogP contribution in [0.5, 0.6) is 0 Å². The second-order valence-corrected chi connectivity index (χ2v) is 3.90. The lowest BCUT2D eigenvalue weighted by atomic mass is 9.98. The van der Waals surface area contributed by atoms with Crippen molar-refractivity contribution in [1.29, 1.82) is 0 Å². The minimum absolute atomic E-state index is 0.0967. The summed E-state index contributed by atoms with van der Waals surface area (Å²) in [5.74, 6) is 0.740. The van der Waals surface area contributed by atoms with Crippen molar-refractivity contribution in [3.8, 4) is 0 Å². The van der Waals surface area contributed by atoms with Gasteiger partial charge in [-0.1, -0.05) is 0 Å². The fourth-order valence-electron chi connectivity index (χ4n) is 1.99. The van der Waals surface area contributed by atoms with E-state index in [0.29, 0.717) is 12.3 Å². The lowest BCUT2D eigenvalue weighted by Gasteiger charge is -2.10. The Bertz CT molecular complexity index is 179. The zero-order chi connectivity index (χ0) is 9.10. The van der Waals surface area contributed by atoms with E-state index >= 15 is 0 Å². The molecule has 3 nitrogen and oxygen atoms in total. The molecule has 2 saturated heterocycles. The zero-order valence-corrected chi connectivity index (χ0v) is 7.83. The van der Waals surface area contributed by atoms with Crippen LogP contribution in [0.3, 0.4) is 0 Å². The van der Waals surface area contributed by atoms with E-state index in [1.165, 1.54) is 0 Å². The van der Waals surface area contributed by atoms with Crippen LogP contribution in [0.4, 0.5) is 0 Å². The molecule has 2 aliphatic rings. The van der Waals surface area contributed by atoms with Gasteiger partial charge in [-0.15, -0.1) is 0 Å². The van der Waals surface area contributed by atoms with Crippen LogP contribution in [-0.4, -0.2) is 31.7 Å². The first kappa shape index (κ1) is 9.16. The Morgan fingerprint density at radius 1 is 1.31 bits per heavy atom. The van der Waals surface area contributed by atoms with Gasteiger partial charge in [0.15, 0.2) is 5.78 Å². The molecule has 0 aromatic heterocycles. The van der Waals surface area contributed by atoms with E-state index < -0.39 is 0 Å². The second-order valence-electron chi connectivity index (χ2n) is 3.90. The van der Waals surface area contributed by atoms with Crippen LogP contribution < -0.4 is 0 Å². The average molecular weight is 184 g/mol. The van der Waals surface area contributed by atoms with Crippen LogP contribution in [0.25, 0.3) is 0 Å². The van der Waals surface area contributed by atoms with Crippen molar-refractivity contribution >= 4 is 5.78 Å². The molecule has 2 fully saturated rings. The number of Topliss-reactive ketones (excluding diaryl/α,β-unsaturated/α-hetero) is 1. The van der Waals surface area contributed by atoms with Gasteiger partial charge >= 0.3 is 0 Å². The van der Waals surface area contributed by atoms with E-state index in [-0.39, 0.29) is 11.9 Å². The number of hydrogen-bond donors (Lipinski definition) is 0. The van der Waals surface area contributed by atoms with Crippen LogP contribution in [-0.2, 0) is 14.3 Å². The molecule has 0 aromatic carbocycles. The zero-order valence-electron chi connectivity index (χ0n) is 7.83. The molecule has 0 radical (unpaired) electrons. The molecular weight excluding hydrogens is 168 g/mol. The highest BCUT2D eigenvalue weighted by Crippen LogP contribution is 2.21. The Labute approximate surface area is 78.4 Å². The Hall–Kier alpha value is -0.410. The first-order valence-electron chi connectivity index (χ1n) is 5.08. The molecule has 2 atom stereocenters. The molecule has 2 unspecified atom stereocenters. The third-order valence-electron chi connectivity index (χ3n) is 2.80. The summed E-state index contributed by atoms with van der Waals surface area (Å²) in [5, 5.41) is 0. The maximum atomic E-state index is 11.6. The fourth-order valence-corrected chi connectivity index (χ4v) is 1.99. The van der Waals surface area contributed by atoms with E-state index in [2.05, 4.69) is 0 Å². The van der Waals surface area contributed by atoms with Gasteiger partial charge < -0.3 is 9.47 Å². The Balaban J connectivity index is 1.76. The van der Waals surface area contributed by atoms with Crippen molar-refractivity contribution in [3.05, 3.63) is 0 Å². The third kappa shape index (κ3) is 2.29. The number of ether oxygens (including phenoxy) is 2. The van der Waals surface area contributed by atoms with Gasteiger partial charge in [0.25, 0.3) is 0 Å². The predicted molar refractivity (Wildman–Crippen MR) is 47.5 cm³/mol. The van der Waals surface area contributed by atoms with Crippen LogP contribution in [0.15, 0.2) is 0 Å². The molecule has 0 amide bonds. The lowest BCUT2D eigenvalue weighted by molar-refractivity contribution is -0.128. The van der Waals surface area contributed by atoms with Gasteiger partial charge in [0, 0.05) is 26.2 Å². The van der Waals surface area contributed by atoms with Gasteiger partial charge in [-0.25, -0.2) is 0 Å². The second kappa shape index (κ2) is 4.20. The normalized spacial score (nSPS) is 33.8. The summed E-state index contributed by atoms with van der Waals surface area (Å²) >= 11 is 0. The van der Waals surface area contributed by atoms with Gasteiger partial charge in [-0.05, 0) is 25.2 Å². The summed E-state index contributed by atoms with van der Waals surface area (Å²) in [4.78, 5) is 11.6. The van der Waals surface area contributed by atoms with E-state index in [0.717, 1.165) is 39.1 Å². The molecule has 2 heterocycles. The number of carbonyl (C=O) groups excluding carboxylic acids is 1. The number of hydrogen-bond acceptors (Lipinski definition) is 3. The van der Waals surface area contributed by atoms with Crippen LogP contribution in [0.1, 0.15) is 25.7 Å². The van der Waals surface area contributed by atoms with Gasteiger partial charge in [-0.3, -0.25) is 4.79 Å². The standard InChI is InChI=1S/C10H16O3/c11-9(10-2-1-4-13-10)6-8-3-5-12-7-8/h8,10H,1-7H2. The predicted octanol–water partition coefficient (Wildman–Crippen LogP) is 1.16. The Kier molecular flexibility index (Phi) is 2.96. The minimum Gasteiger partial charge on any atom is -0.381 e. The average Bonchev–Trinajstić information content (AvgIpc) is 2.74. The van der Waals surface area contributed by atoms with Gasteiger partial charge in [0.1, 0.15) is 6.10 Å². The molecule has 13 heavy (non-hydrogen) atoms. The van der Waals surface area contributed by atoms with Crippen LogP contribution in [0, 0.1) is 5.92 Å². The van der Waals surface area contributed by atoms with E-state index in [1.807, 2.05) is 0 Å². The van der Waals surface area contributed by atoms with Crippen molar-refractivity contribution in [1.82, 2.24) is 0 Å². The van der Waals surface area contributed by atoms with Crippen LogP contribution >= 0.6 is 0 Å². The van der Waals surface area contributed by atoms with E-state index in [4.69, 9.17) is 9.47 Å². The fraction of sp³-hybridized carbons (Fsp3) is 0.900. The molecule has 3 heteroatoms. The summed E-state index contributed by atoms with van der Waals surface area (Å²) in [5.41, 5.74) is 0. The monoisotopic (exact) mass is 184 g/mol. The first-order valence-corrected chi connectivity index (χ1v) is 5.08. The Morgan fingerprint density at radius 2 is 2.23 bits per heavy atom. The van der Waals surface area contributed by atoms with Gasteiger partial charge in [-0.2, -0.15) is 0 Å². The van der Waals surface area contributed by atoms with Crippen LogP contribution in [0.2, 0.25) is 0 Å². The number of carbonyl (C=O) groups is 1. The summed E-state index contributed by atoms with van der Waals surface area (Å²) in [6.07, 6.45) is 3.56. The van der Waals surface area contributed by atoms with Crippen molar-refractivity contribution in [2.75, 3.05) is 19.8 Å². The van der Waals surface area contributed by atoms with Gasteiger partial charge in [0.2, 0.25) is 0 Å². The van der Waals surface area contributed by atoms with E-state index in [9.17, 15) is 4.79 Å². The van der Waals surface area contributed by atoms with Gasteiger partial charge in [0.05, 0.1) is 0 Å².